The molecule has 2 atom stereocenters. The lowest BCUT2D eigenvalue weighted by Gasteiger charge is -2.29. The summed E-state index contributed by atoms with van der Waals surface area (Å²) in [6.07, 6.45) is 1.08. The molecule has 5 nitrogen and oxygen atoms in total. The fraction of sp³-hybridized carbons (Fsp3) is 0.409. The number of anilines is 1. The van der Waals surface area contributed by atoms with E-state index >= 15 is 0 Å². The number of carbonyl (C=O) groups is 1. The molecule has 0 radical (unpaired) electrons. The highest BCUT2D eigenvalue weighted by molar-refractivity contribution is 7.92. The Kier molecular flexibility index (Phi) is 7.01. The van der Waals surface area contributed by atoms with Gasteiger partial charge in [-0.3, -0.25) is 9.10 Å². The van der Waals surface area contributed by atoms with Crippen LogP contribution in [0.1, 0.15) is 51.8 Å². The fourth-order valence-electron chi connectivity index (χ4n) is 3.09. The van der Waals surface area contributed by atoms with Crippen LogP contribution >= 0.6 is 11.6 Å². The van der Waals surface area contributed by atoms with Crippen LogP contribution in [0.2, 0.25) is 5.02 Å². The van der Waals surface area contributed by atoms with E-state index in [0.717, 1.165) is 16.1 Å². The molecule has 29 heavy (non-hydrogen) atoms. The molecule has 0 saturated carbocycles. The fourth-order valence-corrected chi connectivity index (χ4v) is 4.39. The van der Waals surface area contributed by atoms with Gasteiger partial charge in [-0.05, 0) is 54.7 Å². The van der Waals surface area contributed by atoms with Crippen LogP contribution in [0.4, 0.5) is 5.69 Å². The predicted octanol–water partition coefficient (Wildman–Crippen LogP) is 4.67. The van der Waals surface area contributed by atoms with Crippen LogP contribution in [0, 0.1) is 0 Å². The molecule has 1 amide bonds. The lowest BCUT2D eigenvalue weighted by molar-refractivity contribution is -0.122. The van der Waals surface area contributed by atoms with Gasteiger partial charge in [0.05, 0.1) is 18.0 Å². The standard InChI is InChI=1S/C22H29ClN2O3S/c1-15(17-7-9-18(10-8-17)22(3,4)5)24-21(26)16(2)25(29(6,27)28)20-13-11-19(23)12-14-20/h7-16H,1-6H3,(H,24,26)/t15-,16-/m1/s1. The van der Waals surface area contributed by atoms with E-state index in [1.54, 1.807) is 31.2 Å². The number of nitrogens with zero attached hydrogens (tertiary/aromatic N) is 1. The molecule has 2 aromatic carbocycles. The van der Waals surface area contributed by atoms with Gasteiger partial charge in [-0.1, -0.05) is 56.6 Å². The maximum Gasteiger partial charge on any atom is 0.244 e. The summed E-state index contributed by atoms with van der Waals surface area (Å²) in [5.41, 5.74) is 2.60. The number of hydrogen-bond donors (Lipinski definition) is 1. The van der Waals surface area contributed by atoms with E-state index in [4.69, 9.17) is 11.6 Å². The molecule has 0 saturated heterocycles. The lowest BCUT2D eigenvalue weighted by Crippen LogP contribution is -2.48. The molecule has 0 bridgehead atoms. The number of benzene rings is 2. The van der Waals surface area contributed by atoms with E-state index < -0.39 is 16.1 Å². The Bertz CT molecular complexity index is 949. The molecule has 0 aliphatic carbocycles. The van der Waals surface area contributed by atoms with Crippen LogP contribution < -0.4 is 9.62 Å². The minimum atomic E-state index is -3.67. The van der Waals surface area contributed by atoms with Crippen molar-refractivity contribution in [1.29, 1.82) is 0 Å². The van der Waals surface area contributed by atoms with Crippen molar-refractivity contribution in [2.24, 2.45) is 0 Å². The smallest absolute Gasteiger partial charge is 0.244 e. The van der Waals surface area contributed by atoms with E-state index in [0.29, 0.717) is 10.7 Å². The lowest BCUT2D eigenvalue weighted by atomic mass is 9.86. The molecule has 0 unspecified atom stereocenters. The zero-order valence-electron chi connectivity index (χ0n) is 17.7. The van der Waals surface area contributed by atoms with Gasteiger partial charge in [0.15, 0.2) is 0 Å². The third-order valence-corrected chi connectivity index (χ3v) is 6.30. The summed E-state index contributed by atoms with van der Waals surface area (Å²) in [4.78, 5) is 12.8. The van der Waals surface area contributed by atoms with E-state index in [9.17, 15) is 13.2 Å². The zero-order chi connectivity index (χ0) is 22.0. The molecule has 2 rings (SSSR count). The Hall–Kier alpha value is -2.05. The molecule has 0 spiro atoms. The first-order valence-corrected chi connectivity index (χ1v) is 11.7. The Balaban J connectivity index is 2.19. The number of sulfonamides is 1. The number of halogens is 1. The molecule has 158 valence electrons. The molecule has 2 aromatic rings. The van der Waals surface area contributed by atoms with Gasteiger partial charge in [0.2, 0.25) is 15.9 Å². The minimum Gasteiger partial charge on any atom is -0.348 e. The van der Waals surface area contributed by atoms with Crippen molar-refractivity contribution in [1.82, 2.24) is 5.32 Å². The normalized spacial score (nSPS) is 14.2. The molecule has 1 N–H and O–H groups in total. The Labute approximate surface area is 179 Å². The maximum atomic E-state index is 12.8. The van der Waals surface area contributed by atoms with Crippen LogP contribution in [-0.2, 0) is 20.2 Å². The Morgan fingerprint density at radius 2 is 1.52 bits per heavy atom. The van der Waals surface area contributed by atoms with E-state index in [-0.39, 0.29) is 17.4 Å². The van der Waals surface area contributed by atoms with Gasteiger partial charge in [0, 0.05) is 5.02 Å². The number of rotatable bonds is 6. The van der Waals surface area contributed by atoms with Gasteiger partial charge >= 0.3 is 0 Å². The summed E-state index contributed by atoms with van der Waals surface area (Å²) in [6.45, 7) is 9.88. The second kappa shape index (κ2) is 8.76. The molecule has 0 aliphatic rings. The second-order valence-corrected chi connectivity index (χ2v) is 10.6. The number of carbonyl (C=O) groups excluding carboxylic acids is 1. The molecule has 0 heterocycles. The van der Waals surface area contributed by atoms with E-state index in [1.165, 1.54) is 5.56 Å². The molecule has 0 aliphatic heterocycles. The van der Waals surface area contributed by atoms with Gasteiger partial charge in [0.1, 0.15) is 6.04 Å². The third kappa shape index (κ3) is 5.97. The maximum absolute atomic E-state index is 12.8. The van der Waals surface area contributed by atoms with Crippen molar-refractivity contribution >= 4 is 33.2 Å². The van der Waals surface area contributed by atoms with Crippen molar-refractivity contribution in [3.63, 3.8) is 0 Å². The summed E-state index contributed by atoms with van der Waals surface area (Å²) >= 11 is 5.90. The molecule has 0 fully saturated rings. The average Bonchev–Trinajstić information content (AvgIpc) is 2.61. The molecule has 7 heteroatoms. The highest BCUT2D eigenvalue weighted by atomic mass is 35.5. The van der Waals surface area contributed by atoms with Crippen LogP contribution in [0.15, 0.2) is 48.5 Å². The van der Waals surface area contributed by atoms with Crippen molar-refractivity contribution in [3.8, 4) is 0 Å². The van der Waals surface area contributed by atoms with Crippen molar-refractivity contribution < 1.29 is 13.2 Å². The SMILES string of the molecule is C[C@H](C(=O)N[C@H](C)c1ccc(C(C)(C)C)cc1)N(c1ccc(Cl)cc1)S(C)(=O)=O. The van der Waals surface area contributed by atoms with Gasteiger partial charge in [-0.15, -0.1) is 0 Å². The predicted molar refractivity (Wildman–Crippen MR) is 120 cm³/mol. The first-order valence-electron chi connectivity index (χ1n) is 9.46. The monoisotopic (exact) mass is 436 g/mol. The van der Waals surface area contributed by atoms with Crippen molar-refractivity contribution in [3.05, 3.63) is 64.7 Å². The Morgan fingerprint density at radius 1 is 1.00 bits per heavy atom. The minimum absolute atomic E-state index is 0.0497. The highest BCUT2D eigenvalue weighted by Crippen LogP contribution is 2.25. The quantitative estimate of drug-likeness (QED) is 0.715. The van der Waals surface area contributed by atoms with Crippen LogP contribution in [0.5, 0.6) is 0 Å². The van der Waals surface area contributed by atoms with Gasteiger partial charge in [0.25, 0.3) is 0 Å². The first-order chi connectivity index (χ1) is 13.3. The molecule has 0 aromatic heterocycles. The van der Waals surface area contributed by atoms with Gasteiger partial charge in [-0.25, -0.2) is 8.42 Å². The zero-order valence-corrected chi connectivity index (χ0v) is 19.3. The highest BCUT2D eigenvalue weighted by Gasteiger charge is 2.30. The number of nitrogens with one attached hydrogen (secondary N) is 1. The molecular formula is C22H29ClN2O3S. The third-order valence-electron chi connectivity index (χ3n) is 4.81. The van der Waals surface area contributed by atoms with Crippen LogP contribution in [-0.4, -0.2) is 26.6 Å². The summed E-state index contributed by atoms with van der Waals surface area (Å²) in [5.74, 6) is -0.377. The number of amides is 1. The summed E-state index contributed by atoms with van der Waals surface area (Å²) in [5, 5.41) is 3.41. The van der Waals surface area contributed by atoms with E-state index in [2.05, 4.69) is 38.2 Å². The van der Waals surface area contributed by atoms with E-state index in [1.807, 2.05) is 19.1 Å². The van der Waals surface area contributed by atoms with Crippen molar-refractivity contribution in [2.45, 2.75) is 52.1 Å². The van der Waals surface area contributed by atoms with Gasteiger partial charge in [-0.2, -0.15) is 0 Å². The largest absolute Gasteiger partial charge is 0.348 e. The first kappa shape index (κ1) is 23.2. The molecular weight excluding hydrogens is 408 g/mol. The van der Waals surface area contributed by atoms with Gasteiger partial charge < -0.3 is 5.32 Å². The summed E-state index contributed by atoms with van der Waals surface area (Å²) < 4.78 is 25.8. The summed E-state index contributed by atoms with van der Waals surface area (Å²) in [7, 11) is -3.67. The van der Waals surface area contributed by atoms with Crippen LogP contribution in [0.25, 0.3) is 0 Å². The second-order valence-electron chi connectivity index (χ2n) is 8.31. The van der Waals surface area contributed by atoms with Crippen LogP contribution in [0.3, 0.4) is 0 Å². The van der Waals surface area contributed by atoms with Crippen molar-refractivity contribution in [2.75, 3.05) is 10.6 Å². The summed E-state index contributed by atoms with van der Waals surface area (Å²) in [6, 6.07) is 13.3. The number of hydrogen-bond acceptors (Lipinski definition) is 3. The average molecular weight is 437 g/mol. The Morgan fingerprint density at radius 3 is 1.97 bits per heavy atom. The topological polar surface area (TPSA) is 66.5 Å².